The minimum absolute atomic E-state index is 1.02. The van der Waals surface area contributed by atoms with E-state index in [1.807, 2.05) is 0 Å². The summed E-state index contributed by atoms with van der Waals surface area (Å²) < 4.78 is 0. The van der Waals surface area contributed by atoms with Crippen LogP contribution in [0.15, 0.2) is 158 Å². The van der Waals surface area contributed by atoms with Crippen LogP contribution in [0.2, 0.25) is 0 Å². The topological polar surface area (TPSA) is 0 Å². The Balaban J connectivity index is 1.13. The predicted molar refractivity (Wildman–Crippen MR) is 238 cm³/mol. The number of allylic oxidation sites excluding steroid dienone is 2. The summed E-state index contributed by atoms with van der Waals surface area (Å²) in [7, 11) is 0. The number of benzene rings is 9. The SMILES string of the molecule is C=c1cccc2ccc3c(-c4cccc(-c5cccc(-c6cccc(-c7ccc(=C)c8c7ccc7ccc(/C(C)=C/C)c(=C)c78)c6)c5)c4)ccc(=C)c3c12. The van der Waals surface area contributed by atoms with Crippen LogP contribution in [0.4, 0.5) is 0 Å². The molecular weight excluding hydrogens is 649 g/mol. The van der Waals surface area contributed by atoms with Crippen molar-refractivity contribution in [1.29, 1.82) is 0 Å². The van der Waals surface area contributed by atoms with Crippen molar-refractivity contribution in [2.45, 2.75) is 13.8 Å². The molecule has 0 radical (unpaired) electrons. The molecule has 0 bridgehead atoms. The number of hydrogen-bond donors (Lipinski definition) is 0. The highest BCUT2D eigenvalue weighted by Gasteiger charge is 2.13. The Morgan fingerprint density at radius 1 is 0.407 bits per heavy atom. The van der Waals surface area contributed by atoms with E-state index in [9.17, 15) is 0 Å². The first kappa shape index (κ1) is 33.1. The predicted octanol–water partition coefficient (Wildman–Crippen LogP) is 12.0. The van der Waals surface area contributed by atoms with Crippen molar-refractivity contribution in [3.63, 3.8) is 0 Å². The second-order valence-corrected chi connectivity index (χ2v) is 14.4. The Bertz CT molecular complexity index is 3250. The van der Waals surface area contributed by atoms with Gasteiger partial charge in [0, 0.05) is 0 Å². The highest BCUT2D eigenvalue weighted by molar-refractivity contribution is 6.14. The van der Waals surface area contributed by atoms with Gasteiger partial charge in [-0.2, -0.15) is 0 Å². The molecule has 256 valence electrons. The van der Waals surface area contributed by atoms with E-state index in [4.69, 9.17) is 0 Å². The number of hydrogen-bond acceptors (Lipinski definition) is 0. The standard InChI is InChI=1S/C54H40/c1-7-33(2)46-27-22-39-24-29-50-48(26-21-36(5)53(50)54(39)37(46)6)45-19-11-17-43(32-45)41-15-9-14-40(30-41)42-16-10-18-44(31-42)47-25-20-35(4)52-49(47)28-23-38-13-8-12-34(3)51(38)52/h7-32H,3-6H2,1-2H3/b33-7+. The fraction of sp³-hybridized carbons (Fsp3) is 0.0370. The van der Waals surface area contributed by atoms with Gasteiger partial charge < -0.3 is 0 Å². The lowest BCUT2D eigenvalue weighted by molar-refractivity contribution is 1.53. The second-order valence-electron chi connectivity index (χ2n) is 14.4. The van der Waals surface area contributed by atoms with Crippen LogP contribution < -0.4 is 20.9 Å². The molecule has 0 saturated carbocycles. The van der Waals surface area contributed by atoms with Crippen molar-refractivity contribution in [3.05, 3.63) is 184 Å². The molecule has 0 heterocycles. The van der Waals surface area contributed by atoms with Gasteiger partial charge in [-0.1, -0.05) is 166 Å². The smallest absolute Gasteiger partial charge is 0.00265 e. The van der Waals surface area contributed by atoms with Crippen LogP contribution >= 0.6 is 0 Å². The van der Waals surface area contributed by atoms with Crippen LogP contribution in [0, 0.1) is 0 Å². The third-order valence-electron chi connectivity index (χ3n) is 11.3. The van der Waals surface area contributed by atoms with Gasteiger partial charge in [0.2, 0.25) is 0 Å². The molecule has 0 N–H and O–H groups in total. The zero-order chi connectivity index (χ0) is 37.1. The second kappa shape index (κ2) is 13.0. The molecule has 0 nitrogen and oxygen atoms in total. The average Bonchev–Trinajstić information content (AvgIpc) is 3.21. The molecule has 0 spiro atoms. The summed E-state index contributed by atoms with van der Waals surface area (Å²) in [6, 6.07) is 55.0. The van der Waals surface area contributed by atoms with Gasteiger partial charge in [0.25, 0.3) is 0 Å². The minimum atomic E-state index is 1.02. The van der Waals surface area contributed by atoms with Crippen molar-refractivity contribution in [1.82, 2.24) is 0 Å². The van der Waals surface area contributed by atoms with E-state index in [1.54, 1.807) is 0 Å². The quantitative estimate of drug-likeness (QED) is 0.158. The average molecular weight is 689 g/mol. The van der Waals surface area contributed by atoms with E-state index in [-0.39, 0.29) is 0 Å². The van der Waals surface area contributed by atoms with Crippen molar-refractivity contribution in [2.24, 2.45) is 0 Å². The van der Waals surface area contributed by atoms with Crippen LogP contribution in [0.25, 0.3) is 119 Å². The fourth-order valence-corrected chi connectivity index (χ4v) is 8.42. The first-order valence-corrected chi connectivity index (χ1v) is 18.5. The summed E-state index contributed by atoms with van der Waals surface area (Å²) in [5.74, 6) is 0. The molecule has 0 aliphatic carbocycles. The maximum Gasteiger partial charge on any atom is -0.00265 e. The van der Waals surface area contributed by atoms with E-state index in [2.05, 4.69) is 198 Å². The van der Waals surface area contributed by atoms with E-state index in [0.717, 1.165) is 20.9 Å². The van der Waals surface area contributed by atoms with Crippen LogP contribution in [0.5, 0.6) is 0 Å². The van der Waals surface area contributed by atoms with Gasteiger partial charge in [-0.25, -0.2) is 0 Å². The Morgan fingerprint density at radius 2 is 0.833 bits per heavy atom. The monoisotopic (exact) mass is 688 g/mol. The molecule has 0 amide bonds. The summed E-state index contributed by atoms with van der Waals surface area (Å²) in [4.78, 5) is 0. The molecule has 9 rings (SSSR count). The zero-order valence-corrected chi connectivity index (χ0v) is 30.8. The first-order chi connectivity index (χ1) is 26.3. The molecule has 0 aliphatic heterocycles. The lowest BCUT2D eigenvalue weighted by Gasteiger charge is -2.14. The summed E-state index contributed by atoms with van der Waals surface area (Å²) in [5.41, 5.74) is 11.9. The first-order valence-electron chi connectivity index (χ1n) is 18.5. The van der Waals surface area contributed by atoms with Gasteiger partial charge in [-0.15, -0.1) is 0 Å². The fourth-order valence-electron chi connectivity index (χ4n) is 8.42. The Labute approximate surface area is 316 Å². The third kappa shape index (κ3) is 5.38. The van der Waals surface area contributed by atoms with Crippen molar-refractivity contribution >= 4 is 75.0 Å². The maximum absolute atomic E-state index is 4.58. The van der Waals surface area contributed by atoms with Crippen molar-refractivity contribution < 1.29 is 0 Å². The molecule has 0 heteroatoms. The van der Waals surface area contributed by atoms with Crippen molar-refractivity contribution in [2.75, 3.05) is 0 Å². The highest BCUT2D eigenvalue weighted by Crippen LogP contribution is 2.36. The van der Waals surface area contributed by atoms with E-state index >= 15 is 0 Å². The summed E-state index contributed by atoms with van der Waals surface area (Å²) in [6.07, 6.45) is 2.15. The normalized spacial score (nSPS) is 11.9. The molecular formula is C54H40. The Kier molecular flexibility index (Phi) is 7.98. The molecule has 0 aromatic heterocycles. The molecule has 54 heavy (non-hydrogen) atoms. The zero-order valence-electron chi connectivity index (χ0n) is 30.8. The van der Waals surface area contributed by atoms with Gasteiger partial charge in [0.05, 0.1) is 0 Å². The molecule has 9 aromatic rings. The Hall–Kier alpha value is -6.76. The van der Waals surface area contributed by atoms with Crippen LogP contribution in [0.3, 0.4) is 0 Å². The largest absolute Gasteiger partial charge is 0.0911 e. The molecule has 0 aliphatic rings. The summed E-state index contributed by atoms with van der Waals surface area (Å²) >= 11 is 0. The molecule has 0 unspecified atom stereocenters. The summed E-state index contributed by atoms with van der Waals surface area (Å²) in [6.45, 7) is 22.1. The van der Waals surface area contributed by atoms with Gasteiger partial charge in [0.1, 0.15) is 0 Å². The molecule has 9 aromatic carbocycles. The van der Waals surface area contributed by atoms with E-state index < -0.39 is 0 Å². The van der Waals surface area contributed by atoms with E-state index in [1.165, 1.54) is 98.7 Å². The van der Waals surface area contributed by atoms with Crippen LogP contribution in [0.1, 0.15) is 19.4 Å². The lowest BCUT2D eigenvalue weighted by atomic mass is 9.89. The van der Waals surface area contributed by atoms with Crippen LogP contribution in [-0.4, -0.2) is 0 Å². The molecule has 0 saturated heterocycles. The van der Waals surface area contributed by atoms with Gasteiger partial charge in [-0.05, 0) is 152 Å². The third-order valence-corrected chi connectivity index (χ3v) is 11.3. The van der Waals surface area contributed by atoms with Crippen LogP contribution in [-0.2, 0) is 0 Å². The highest BCUT2D eigenvalue weighted by atomic mass is 14.2. The number of fused-ring (bicyclic) bond motifs is 6. The minimum Gasteiger partial charge on any atom is -0.0911 e. The maximum atomic E-state index is 4.58. The van der Waals surface area contributed by atoms with Crippen molar-refractivity contribution in [3.8, 4) is 44.5 Å². The summed E-state index contributed by atoms with van der Waals surface area (Å²) in [5, 5.41) is 13.6. The molecule has 0 atom stereocenters. The van der Waals surface area contributed by atoms with Gasteiger partial charge >= 0.3 is 0 Å². The van der Waals surface area contributed by atoms with Gasteiger partial charge in [0.15, 0.2) is 0 Å². The van der Waals surface area contributed by atoms with Gasteiger partial charge in [-0.3, -0.25) is 0 Å². The molecule has 0 fully saturated rings. The Morgan fingerprint density at radius 3 is 1.37 bits per heavy atom. The van der Waals surface area contributed by atoms with E-state index in [0.29, 0.717) is 0 Å². The lowest BCUT2D eigenvalue weighted by Crippen LogP contribution is -2.11. The number of rotatable bonds is 5.